The largest absolute Gasteiger partial charge is 0.453 e. The Kier molecular flexibility index (Phi) is 11.5. The zero-order valence-corrected chi connectivity index (χ0v) is 29.0. The monoisotopic (exact) mass is 686 g/mol. The first kappa shape index (κ1) is 37.4. The summed E-state index contributed by atoms with van der Waals surface area (Å²) < 4.78 is 57.6. The van der Waals surface area contributed by atoms with Gasteiger partial charge in [0.25, 0.3) is 5.91 Å². The lowest BCUT2D eigenvalue weighted by Crippen LogP contribution is -2.51. The molecule has 1 aliphatic rings. The number of carbonyl (C=O) groups excluding carboxylic acids is 3. The number of aliphatic hydroxyl groups is 1. The van der Waals surface area contributed by atoms with Crippen molar-refractivity contribution in [3.63, 3.8) is 0 Å². The van der Waals surface area contributed by atoms with Crippen molar-refractivity contribution in [1.29, 1.82) is 0 Å². The molecule has 0 unspecified atom stereocenters. The zero-order valence-electron chi connectivity index (χ0n) is 29.0. The van der Waals surface area contributed by atoms with Gasteiger partial charge in [-0.25, -0.2) is 22.9 Å². The third-order valence-corrected chi connectivity index (χ3v) is 8.33. The van der Waals surface area contributed by atoms with E-state index in [2.05, 4.69) is 0 Å². The fraction of sp³-hybridized carbons (Fsp3) is 0.500. The number of aromatic nitrogens is 2. The molecule has 2 heterocycles. The van der Waals surface area contributed by atoms with Crippen molar-refractivity contribution in [3.8, 4) is 11.3 Å². The minimum absolute atomic E-state index is 0.0717. The molecule has 0 radical (unpaired) electrons. The van der Waals surface area contributed by atoms with Crippen LogP contribution in [0.3, 0.4) is 0 Å². The fourth-order valence-corrected chi connectivity index (χ4v) is 5.96. The van der Waals surface area contributed by atoms with Gasteiger partial charge >= 0.3 is 12.1 Å². The number of ether oxygens (including phenoxy) is 2. The summed E-state index contributed by atoms with van der Waals surface area (Å²) in [6, 6.07) is 11.1. The summed E-state index contributed by atoms with van der Waals surface area (Å²) in [6.45, 7) is 10.1. The first-order valence-corrected chi connectivity index (χ1v) is 16.2. The number of nitrogens with zero attached hydrogens (tertiary/aromatic N) is 4. The number of alkyl halides is 1. The van der Waals surface area contributed by atoms with Crippen LogP contribution in [-0.2, 0) is 25.6 Å². The molecule has 0 aliphatic carbocycles. The fourth-order valence-electron chi connectivity index (χ4n) is 5.96. The lowest BCUT2D eigenvalue weighted by Gasteiger charge is -2.42. The molecule has 2 amide bonds. The summed E-state index contributed by atoms with van der Waals surface area (Å²) >= 11 is 0. The number of likely N-dealkylation sites (tertiary alicyclic amines) is 1. The lowest BCUT2D eigenvalue weighted by molar-refractivity contribution is -0.161. The molecular weight excluding hydrogens is 641 g/mol. The van der Waals surface area contributed by atoms with E-state index >= 15 is 8.78 Å². The van der Waals surface area contributed by atoms with Gasteiger partial charge in [0.1, 0.15) is 29.2 Å². The third kappa shape index (κ3) is 9.20. The molecule has 266 valence electrons. The maximum absolute atomic E-state index is 15.8. The number of carbonyl (C=O) groups is 3. The molecule has 0 saturated carbocycles. The highest BCUT2D eigenvalue weighted by Crippen LogP contribution is 2.41. The van der Waals surface area contributed by atoms with Crippen LogP contribution in [0.15, 0.2) is 54.7 Å². The molecule has 49 heavy (non-hydrogen) atoms. The molecule has 3 aromatic rings. The van der Waals surface area contributed by atoms with Crippen molar-refractivity contribution >= 4 is 18.0 Å². The second-order valence-electron chi connectivity index (χ2n) is 14.2. The molecule has 10 nitrogen and oxygen atoms in total. The number of aliphatic hydroxyl groups excluding tert-OH is 1. The van der Waals surface area contributed by atoms with Crippen molar-refractivity contribution in [2.45, 2.75) is 78.9 Å². The van der Waals surface area contributed by atoms with Crippen molar-refractivity contribution in [1.82, 2.24) is 19.4 Å². The third-order valence-electron chi connectivity index (χ3n) is 8.33. The minimum Gasteiger partial charge on any atom is -0.453 e. The maximum Gasteiger partial charge on any atom is 0.410 e. The smallest absolute Gasteiger partial charge is 0.410 e. The van der Waals surface area contributed by atoms with Crippen LogP contribution in [0.2, 0.25) is 0 Å². The van der Waals surface area contributed by atoms with Gasteiger partial charge in [0.05, 0.1) is 24.9 Å². The summed E-state index contributed by atoms with van der Waals surface area (Å²) in [5.41, 5.74) is -1.20. The minimum atomic E-state index is -1.55. The van der Waals surface area contributed by atoms with Gasteiger partial charge in [-0.3, -0.25) is 9.59 Å². The Bertz CT molecular complexity index is 1640. The van der Waals surface area contributed by atoms with Gasteiger partial charge in [0.15, 0.2) is 6.10 Å². The van der Waals surface area contributed by atoms with Crippen LogP contribution in [0.25, 0.3) is 11.3 Å². The molecule has 1 saturated heterocycles. The van der Waals surface area contributed by atoms with Crippen LogP contribution in [0.1, 0.15) is 65.9 Å². The Balaban J connectivity index is 1.87. The Morgan fingerprint density at radius 3 is 2.35 bits per heavy atom. The van der Waals surface area contributed by atoms with Gasteiger partial charge in [-0.15, -0.1) is 0 Å². The second-order valence-corrected chi connectivity index (χ2v) is 14.2. The standard InChI is InChI=1S/C36H45F3N4O6/c1-22(48-23(2)45)33(46)43(18-25-17-42(19-29(25)39)34(47)49-35(3,4)5)31(36(6,7)21-44)32-40-30(27-15-26(37)13-14-28(27)38)20-41(32)16-24-11-9-8-10-12-24/h8-15,20,22,25,29,31,44H,16-19,21H2,1-7H3/t22-,25-,29-,31-/m0/s1. The van der Waals surface area contributed by atoms with Gasteiger partial charge in [-0.05, 0) is 51.5 Å². The molecule has 13 heteroatoms. The normalized spacial score (nSPS) is 17.8. The van der Waals surface area contributed by atoms with E-state index < -0.39 is 71.5 Å². The average molecular weight is 687 g/mol. The number of amides is 2. The molecule has 4 atom stereocenters. The van der Waals surface area contributed by atoms with Crippen LogP contribution < -0.4 is 0 Å². The quantitative estimate of drug-likeness (QED) is 0.249. The van der Waals surface area contributed by atoms with Gasteiger partial charge in [0.2, 0.25) is 0 Å². The van der Waals surface area contributed by atoms with Crippen LogP contribution in [0.4, 0.5) is 18.0 Å². The number of benzene rings is 2. The molecule has 4 rings (SSSR count). The van der Waals surface area contributed by atoms with E-state index in [0.717, 1.165) is 30.7 Å². The Morgan fingerprint density at radius 1 is 1.06 bits per heavy atom. The topological polar surface area (TPSA) is 114 Å². The molecule has 1 aliphatic heterocycles. The van der Waals surface area contributed by atoms with Crippen molar-refractivity contribution in [3.05, 3.63) is 77.8 Å². The van der Waals surface area contributed by atoms with E-state index in [1.165, 1.54) is 22.9 Å². The SMILES string of the molecule is CC(=O)O[C@@H](C)C(=O)N(C[C@@H]1CN(C(=O)OC(C)(C)C)C[C@@H]1F)[C@@H](c1nc(-c2cc(F)ccc2F)cn1Cc1ccccc1)C(C)(C)CO. The van der Waals surface area contributed by atoms with Crippen molar-refractivity contribution < 1.29 is 42.1 Å². The highest BCUT2D eigenvalue weighted by molar-refractivity contribution is 5.83. The number of hydrogen-bond donors (Lipinski definition) is 1. The van der Waals surface area contributed by atoms with Crippen LogP contribution in [0, 0.1) is 23.0 Å². The molecule has 1 N–H and O–H groups in total. The van der Waals surface area contributed by atoms with Crippen molar-refractivity contribution in [2.24, 2.45) is 11.3 Å². The summed E-state index contributed by atoms with van der Waals surface area (Å²) in [5.74, 6) is -3.51. The molecule has 1 aromatic heterocycles. The van der Waals surface area contributed by atoms with E-state index in [1.807, 2.05) is 30.3 Å². The van der Waals surface area contributed by atoms with Crippen LogP contribution in [-0.4, -0.2) is 86.5 Å². The Labute approximate surface area is 284 Å². The van der Waals surface area contributed by atoms with Gasteiger partial charge in [0, 0.05) is 49.7 Å². The number of halogens is 3. The van der Waals surface area contributed by atoms with Crippen molar-refractivity contribution in [2.75, 3.05) is 26.2 Å². The highest BCUT2D eigenvalue weighted by Gasteiger charge is 2.46. The molecule has 1 fully saturated rings. The van der Waals surface area contributed by atoms with Gasteiger partial charge in [-0.1, -0.05) is 44.2 Å². The predicted octanol–water partition coefficient (Wildman–Crippen LogP) is 5.92. The number of esters is 1. The van der Waals surface area contributed by atoms with E-state index in [9.17, 15) is 23.9 Å². The van der Waals surface area contributed by atoms with Crippen LogP contribution in [0.5, 0.6) is 0 Å². The Morgan fingerprint density at radius 2 is 1.73 bits per heavy atom. The van der Waals surface area contributed by atoms with Gasteiger partial charge < -0.3 is 28.9 Å². The zero-order chi connectivity index (χ0) is 36.3. The second kappa shape index (κ2) is 15.0. The maximum atomic E-state index is 15.8. The summed E-state index contributed by atoms with van der Waals surface area (Å²) in [7, 11) is 0. The summed E-state index contributed by atoms with van der Waals surface area (Å²) in [4.78, 5) is 46.4. The van der Waals surface area contributed by atoms with E-state index in [0.29, 0.717) is 0 Å². The first-order chi connectivity index (χ1) is 22.9. The van der Waals surface area contributed by atoms with Gasteiger partial charge in [-0.2, -0.15) is 0 Å². The molecule has 0 spiro atoms. The van der Waals surface area contributed by atoms with E-state index in [4.69, 9.17) is 14.5 Å². The molecular formula is C36H45F3N4O6. The number of rotatable bonds is 11. The average Bonchev–Trinajstić information content (AvgIpc) is 3.59. The predicted molar refractivity (Wildman–Crippen MR) is 176 cm³/mol. The van der Waals surface area contributed by atoms with Crippen LogP contribution >= 0.6 is 0 Å². The molecule has 2 aromatic carbocycles. The molecule has 0 bridgehead atoms. The lowest BCUT2D eigenvalue weighted by atomic mass is 9.82. The number of imidazole rings is 1. The Hall–Kier alpha value is -4.39. The summed E-state index contributed by atoms with van der Waals surface area (Å²) in [5, 5.41) is 10.7. The van der Waals surface area contributed by atoms with E-state index in [1.54, 1.807) is 39.2 Å². The summed E-state index contributed by atoms with van der Waals surface area (Å²) in [6.07, 6.45) is -2.02. The van der Waals surface area contributed by atoms with E-state index in [-0.39, 0.29) is 43.3 Å². The highest BCUT2D eigenvalue weighted by atomic mass is 19.1. The first-order valence-electron chi connectivity index (χ1n) is 16.2. The number of hydrogen-bond acceptors (Lipinski definition) is 7.